The third-order valence-corrected chi connectivity index (χ3v) is 4.96. The molecule has 0 amide bonds. The molecule has 0 N–H and O–H groups in total. The van der Waals surface area contributed by atoms with E-state index in [1.54, 1.807) is 24.3 Å². The second kappa shape index (κ2) is 5.28. The van der Waals surface area contributed by atoms with E-state index >= 15 is 0 Å². The highest BCUT2D eigenvalue weighted by atomic mass is 35.5. The molecule has 5 heteroatoms. The van der Waals surface area contributed by atoms with Crippen molar-refractivity contribution in [3.05, 3.63) is 47.2 Å². The van der Waals surface area contributed by atoms with Crippen LogP contribution in [-0.2, 0) is 13.6 Å². The molecule has 102 valence electrons. The van der Waals surface area contributed by atoms with E-state index in [2.05, 4.69) is 12.3 Å². The third kappa shape index (κ3) is 3.20. The topological polar surface area (TPSA) is 35.5 Å². The fourth-order valence-corrected chi connectivity index (χ4v) is 3.85. The van der Waals surface area contributed by atoms with E-state index in [1.165, 1.54) is 0 Å². The van der Waals surface area contributed by atoms with Crippen LogP contribution in [0.4, 0.5) is 0 Å². The monoisotopic (exact) mass is 298 g/mol. The Bertz CT molecular complexity index is 557. The predicted molar refractivity (Wildman–Crippen MR) is 77.3 cm³/mol. The van der Waals surface area contributed by atoms with Gasteiger partial charge < -0.3 is 9.05 Å². The zero-order chi connectivity index (χ0) is 14.1. The minimum absolute atomic E-state index is 0.139. The maximum Gasteiger partial charge on any atom is 0.369 e. The van der Waals surface area contributed by atoms with Gasteiger partial charge in [0.2, 0.25) is 0 Å². The van der Waals surface area contributed by atoms with Crippen LogP contribution in [0.25, 0.3) is 5.31 Å². The summed E-state index contributed by atoms with van der Waals surface area (Å²) in [7, 11) is -3.34. The zero-order valence-corrected chi connectivity index (χ0v) is 12.6. The Morgan fingerprint density at radius 3 is 2.32 bits per heavy atom. The highest BCUT2D eigenvalue weighted by molar-refractivity contribution is 7.65. The molecule has 0 spiro atoms. The molecule has 0 atom stereocenters. The largest absolute Gasteiger partial charge is 0.369 e. The average molecular weight is 299 g/mol. The van der Waals surface area contributed by atoms with Crippen LogP contribution in [0.3, 0.4) is 0 Å². The molecule has 1 heterocycles. The normalized spacial score (nSPS) is 20.6. The molecule has 1 aromatic rings. The van der Waals surface area contributed by atoms with Gasteiger partial charge in [0.15, 0.2) is 0 Å². The molecule has 19 heavy (non-hydrogen) atoms. The summed E-state index contributed by atoms with van der Waals surface area (Å²) in [6, 6.07) is 6.94. The van der Waals surface area contributed by atoms with Crippen molar-refractivity contribution in [2.45, 2.75) is 13.8 Å². The first-order valence-corrected chi connectivity index (χ1v) is 7.84. The lowest BCUT2D eigenvalue weighted by Gasteiger charge is -2.34. The molecule has 0 aromatic heterocycles. The summed E-state index contributed by atoms with van der Waals surface area (Å²) in [5.74, 6) is 0. The first-order chi connectivity index (χ1) is 8.86. The van der Waals surface area contributed by atoms with Crippen LogP contribution in [0.2, 0.25) is 5.02 Å². The summed E-state index contributed by atoms with van der Waals surface area (Å²) in [4.78, 5) is 0. The molecule has 1 aromatic carbocycles. The molecule has 0 saturated carbocycles. The molecule has 0 aliphatic carbocycles. The van der Waals surface area contributed by atoms with Crippen molar-refractivity contribution in [2.75, 3.05) is 13.2 Å². The van der Waals surface area contributed by atoms with Gasteiger partial charge in [-0.15, -0.1) is 5.73 Å². The molecule has 1 aliphatic heterocycles. The van der Waals surface area contributed by atoms with Gasteiger partial charge in [0, 0.05) is 10.4 Å². The zero-order valence-electron chi connectivity index (χ0n) is 11.0. The van der Waals surface area contributed by atoms with Gasteiger partial charge in [-0.1, -0.05) is 44.2 Å². The highest BCUT2D eigenvalue weighted by Crippen LogP contribution is 2.63. The fourth-order valence-electron chi connectivity index (χ4n) is 1.69. The Kier molecular flexibility index (Phi) is 4.06. The molecule has 0 radical (unpaired) electrons. The average Bonchev–Trinajstić information content (AvgIpc) is 2.37. The summed E-state index contributed by atoms with van der Waals surface area (Å²) < 4.78 is 23.7. The summed E-state index contributed by atoms with van der Waals surface area (Å²) >= 11 is 5.84. The van der Waals surface area contributed by atoms with Crippen LogP contribution in [0.1, 0.15) is 19.4 Å². The van der Waals surface area contributed by atoms with E-state index in [0.29, 0.717) is 29.1 Å². The minimum Gasteiger partial charge on any atom is -0.304 e. The summed E-state index contributed by atoms with van der Waals surface area (Å²) in [6.07, 6.45) is 0. The number of hydrogen-bond donors (Lipinski definition) is 0. The van der Waals surface area contributed by atoms with E-state index in [1.807, 2.05) is 13.8 Å². The van der Waals surface area contributed by atoms with Gasteiger partial charge in [-0.3, -0.25) is 4.57 Å². The number of rotatable bonds is 2. The first kappa shape index (κ1) is 14.6. The minimum atomic E-state index is -3.34. The second-order valence-corrected chi connectivity index (χ2v) is 7.64. The number of benzene rings is 1. The van der Waals surface area contributed by atoms with Crippen molar-refractivity contribution < 1.29 is 13.6 Å². The molecule has 0 bridgehead atoms. The number of halogens is 1. The van der Waals surface area contributed by atoms with E-state index < -0.39 is 7.60 Å². The van der Waals surface area contributed by atoms with E-state index in [0.717, 1.165) is 0 Å². The van der Waals surface area contributed by atoms with Gasteiger partial charge in [-0.2, -0.15) is 0 Å². The fraction of sp³-hybridized carbons (Fsp3) is 0.357. The number of hydrogen-bond acceptors (Lipinski definition) is 3. The van der Waals surface area contributed by atoms with Crippen molar-refractivity contribution in [3.63, 3.8) is 0 Å². The van der Waals surface area contributed by atoms with Gasteiger partial charge >= 0.3 is 7.60 Å². The van der Waals surface area contributed by atoms with Gasteiger partial charge in [0.1, 0.15) is 5.31 Å². The maximum atomic E-state index is 12.7. The van der Waals surface area contributed by atoms with Gasteiger partial charge in [-0.25, -0.2) is 0 Å². The van der Waals surface area contributed by atoms with Crippen molar-refractivity contribution in [1.82, 2.24) is 0 Å². The Morgan fingerprint density at radius 1 is 1.32 bits per heavy atom. The summed E-state index contributed by atoms with van der Waals surface area (Å²) in [5, 5.41) is 0.969. The maximum absolute atomic E-state index is 12.7. The molecule has 1 fully saturated rings. The van der Waals surface area contributed by atoms with Crippen molar-refractivity contribution in [1.29, 1.82) is 0 Å². The van der Waals surface area contributed by atoms with Crippen LogP contribution in [-0.4, -0.2) is 13.2 Å². The smallest absolute Gasteiger partial charge is 0.304 e. The van der Waals surface area contributed by atoms with Crippen LogP contribution >= 0.6 is 19.2 Å². The van der Waals surface area contributed by atoms with E-state index in [9.17, 15) is 4.57 Å². The lowest BCUT2D eigenvalue weighted by molar-refractivity contribution is 0.0468. The molecule has 3 nitrogen and oxygen atoms in total. The molecular formula is C14H16ClO3P. The molecule has 1 saturated heterocycles. The quantitative estimate of drug-likeness (QED) is 0.585. The van der Waals surface area contributed by atoms with Crippen LogP contribution in [0, 0.1) is 5.41 Å². The van der Waals surface area contributed by atoms with Gasteiger partial charge in [0.05, 0.1) is 13.2 Å². The van der Waals surface area contributed by atoms with E-state index in [4.69, 9.17) is 20.6 Å². The van der Waals surface area contributed by atoms with Crippen molar-refractivity contribution >= 4 is 24.5 Å². The standard InChI is InChI=1S/C14H16ClO3P/c1-4-13(11-5-7-12(15)8-6-11)19(16)17-9-14(2,3)10-18-19/h5-8H,1,9-10H2,2-3H3. The lowest BCUT2D eigenvalue weighted by atomic mass is 9.97. The Balaban J connectivity index is 2.31. The Labute approximate surface area is 118 Å². The van der Waals surface area contributed by atoms with Crippen molar-refractivity contribution in [2.24, 2.45) is 5.41 Å². The van der Waals surface area contributed by atoms with E-state index in [-0.39, 0.29) is 5.41 Å². The van der Waals surface area contributed by atoms with Crippen LogP contribution in [0.5, 0.6) is 0 Å². The highest BCUT2D eigenvalue weighted by Gasteiger charge is 2.40. The second-order valence-electron chi connectivity index (χ2n) is 5.24. The molecule has 0 unspecified atom stereocenters. The predicted octanol–water partition coefficient (Wildman–Crippen LogP) is 4.73. The third-order valence-electron chi connectivity index (χ3n) is 2.81. The first-order valence-electron chi connectivity index (χ1n) is 5.92. The Hall–Kier alpha value is -0.820. The summed E-state index contributed by atoms with van der Waals surface area (Å²) in [6.45, 7) is 8.34. The van der Waals surface area contributed by atoms with Crippen LogP contribution in [0.15, 0.2) is 36.6 Å². The summed E-state index contributed by atoms with van der Waals surface area (Å²) in [5.41, 5.74) is 3.24. The van der Waals surface area contributed by atoms with Gasteiger partial charge in [-0.05, 0) is 17.7 Å². The molecular weight excluding hydrogens is 283 g/mol. The Morgan fingerprint density at radius 2 is 1.84 bits per heavy atom. The molecule has 1 aliphatic rings. The lowest BCUT2D eigenvalue weighted by Crippen LogP contribution is -2.29. The van der Waals surface area contributed by atoms with Crippen molar-refractivity contribution in [3.8, 4) is 0 Å². The molecule has 2 rings (SSSR count). The SMILES string of the molecule is C=C=C(c1ccc(Cl)cc1)P1(=O)OCC(C)(C)CO1. The van der Waals surface area contributed by atoms with Crippen LogP contribution < -0.4 is 0 Å². The van der Waals surface area contributed by atoms with Gasteiger partial charge in [0.25, 0.3) is 0 Å².